The highest BCUT2D eigenvalue weighted by Gasteiger charge is 2.52. The molecule has 0 radical (unpaired) electrons. The number of fused-ring (bicyclic) bond motifs is 3. The van der Waals surface area contributed by atoms with Crippen molar-refractivity contribution in [3.8, 4) is 0 Å². The third-order valence-corrected chi connectivity index (χ3v) is 13.7. The monoisotopic (exact) mass is 870 g/mol. The molecule has 1 fully saturated rings. The smallest absolute Gasteiger partial charge is 0.399 e. The van der Waals surface area contributed by atoms with Gasteiger partial charge in [-0.3, -0.25) is 0 Å². The summed E-state index contributed by atoms with van der Waals surface area (Å²) in [5.74, 6) is -1.26. The minimum Gasteiger partial charge on any atom is -0.399 e. The Balaban J connectivity index is 0.000000160. The number of allylic oxidation sites excluding steroid dienone is 1. The average molecular weight is 872 g/mol. The van der Waals surface area contributed by atoms with Crippen LogP contribution in [0.15, 0.2) is 75.9 Å². The van der Waals surface area contributed by atoms with E-state index >= 15 is 0 Å². The Hall–Kier alpha value is -2.89. The molecule has 7 rings (SSSR count). The molecule has 272 valence electrons. The van der Waals surface area contributed by atoms with Gasteiger partial charge in [0, 0.05) is 32.1 Å². The molecule has 1 saturated heterocycles. The normalized spacial score (nSPS) is 16.2. The van der Waals surface area contributed by atoms with E-state index in [1.165, 1.54) is 42.7 Å². The number of rotatable bonds is 5. The molecule has 2 aliphatic rings. The van der Waals surface area contributed by atoms with Crippen molar-refractivity contribution in [2.75, 3.05) is 11.5 Å². The Morgan fingerprint density at radius 2 is 1.20 bits per heavy atom. The number of halogens is 5. The summed E-state index contributed by atoms with van der Waals surface area (Å²) in [5, 5.41) is 1.28. The van der Waals surface area contributed by atoms with Gasteiger partial charge in [-0.05, 0) is 129 Å². The van der Waals surface area contributed by atoms with Crippen molar-refractivity contribution >= 4 is 92.4 Å². The van der Waals surface area contributed by atoms with E-state index in [0.717, 1.165) is 30.0 Å². The Morgan fingerprint density at radius 1 is 0.725 bits per heavy atom. The summed E-state index contributed by atoms with van der Waals surface area (Å²) >= 11 is 6.51. The van der Waals surface area contributed by atoms with E-state index in [2.05, 4.69) is 31.9 Å². The zero-order valence-electron chi connectivity index (χ0n) is 28.7. The van der Waals surface area contributed by atoms with Gasteiger partial charge in [-0.25, -0.2) is 38.0 Å². The molecule has 1 aliphatic heterocycles. The molecule has 8 nitrogen and oxygen atoms in total. The van der Waals surface area contributed by atoms with Gasteiger partial charge in [0.2, 0.25) is 20.0 Å². The van der Waals surface area contributed by atoms with Crippen molar-refractivity contribution in [3.63, 3.8) is 0 Å². The first-order valence-corrected chi connectivity index (χ1v) is 20.7. The Kier molecular flexibility index (Phi) is 11.2. The highest BCUT2D eigenvalue weighted by atomic mass is 79.9. The SMILES string of the molecule is CCS(=O)(=O)n1ccc2c(B3OC(C)(C)C(C)(C)O3)cc(F)cc21.CCS(=O)(=O)n1ccc2c(Br)cc(F)cc21.Fc1cc(Br)c2c(c1)CC=C2. The van der Waals surface area contributed by atoms with Gasteiger partial charge in [-0.1, -0.05) is 28.1 Å². The molecule has 0 N–H and O–H groups in total. The fourth-order valence-electron chi connectivity index (χ4n) is 5.58. The lowest BCUT2D eigenvalue weighted by atomic mass is 9.77. The second-order valence-electron chi connectivity index (χ2n) is 12.9. The number of hydrogen-bond donors (Lipinski definition) is 0. The van der Waals surface area contributed by atoms with Crippen molar-refractivity contribution in [2.24, 2.45) is 0 Å². The summed E-state index contributed by atoms with van der Waals surface area (Å²) < 4.78 is 104. The fraction of sp³-hybridized carbons (Fsp3) is 0.314. The quantitative estimate of drug-likeness (QED) is 0.166. The summed E-state index contributed by atoms with van der Waals surface area (Å²) in [5.41, 5.74) is 2.20. The number of hydrogen-bond acceptors (Lipinski definition) is 6. The minimum absolute atomic E-state index is 0.0229. The van der Waals surface area contributed by atoms with Crippen LogP contribution < -0.4 is 5.46 Å². The lowest BCUT2D eigenvalue weighted by Gasteiger charge is -2.32. The van der Waals surface area contributed by atoms with Gasteiger partial charge in [0.15, 0.2) is 0 Å². The first-order chi connectivity index (χ1) is 23.7. The van der Waals surface area contributed by atoms with Gasteiger partial charge in [-0.15, -0.1) is 0 Å². The van der Waals surface area contributed by atoms with Crippen LogP contribution in [0.5, 0.6) is 0 Å². The van der Waals surface area contributed by atoms with Gasteiger partial charge in [-0.2, -0.15) is 0 Å². The fourth-order valence-corrected chi connectivity index (χ4v) is 8.69. The first kappa shape index (κ1) is 39.3. The van der Waals surface area contributed by atoms with E-state index in [-0.39, 0.29) is 17.3 Å². The largest absolute Gasteiger partial charge is 0.495 e. The van der Waals surface area contributed by atoms with Crippen molar-refractivity contribution in [1.82, 2.24) is 7.94 Å². The van der Waals surface area contributed by atoms with Gasteiger partial charge in [0.25, 0.3) is 0 Å². The zero-order chi connectivity index (χ0) is 37.7. The van der Waals surface area contributed by atoms with Crippen LogP contribution in [-0.2, 0) is 35.8 Å². The van der Waals surface area contributed by atoms with Crippen LogP contribution in [0.25, 0.3) is 27.9 Å². The third kappa shape index (κ3) is 7.91. The maximum Gasteiger partial charge on any atom is 0.495 e. The molecule has 3 aromatic carbocycles. The van der Waals surface area contributed by atoms with Gasteiger partial charge in [0.05, 0.1) is 33.7 Å². The zero-order valence-corrected chi connectivity index (χ0v) is 33.5. The van der Waals surface area contributed by atoms with Gasteiger partial charge < -0.3 is 9.31 Å². The van der Waals surface area contributed by atoms with E-state index in [1.807, 2.05) is 39.8 Å². The third-order valence-electron chi connectivity index (χ3n) is 9.09. The van der Waals surface area contributed by atoms with Crippen LogP contribution in [0.4, 0.5) is 13.2 Å². The van der Waals surface area contributed by atoms with E-state index in [0.29, 0.717) is 31.7 Å². The second kappa shape index (κ2) is 14.5. The van der Waals surface area contributed by atoms with Crippen molar-refractivity contribution in [3.05, 3.63) is 105 Å². The van der Waals surface area contributed by atoms with E-state index < -0.39 is 50.0 Å². The van der Waals surface area contributed by atoms with Crippen molar-refractivity contribution in [2.45, 2.75) is 59.2 Å². The molecule has 0 unspecified atom stereocenters. The van der Waals surface area contributed by atoms with E-state index in [1.54, 1.807) is 32.0 Å². The van der Waals surface area contributed by atoms with Crippen molar-refractivity contribution in [1.29, 1.82) is 0 Å². The summed E-state index contributed by atoms with van der Waals surface area (Å²) in [6.07, 6.45) is 7.78. The number of aromatic nitrogens is 2. The summed E-state index contributed by atoms with van der Waals surface area (Å²) in [4.78, 5) is 0. The van der Waals surface area contributed by atoms with Gasteiger partial charge >= 0.3 is 7.12 Å². The molecule has 3 heterocycles. The van der Waals surface area contributed by atoms with Crippen LogP contribution in [0, 0.1) is 17.5 Å². The Bertz CT molecular complexity index is 2380. The lowest BCUT2D eigenvalue weighted by molar-refractivity contribution is 0.00578. The number of nitrogens with zero attached hydrogens (tertiary/aromatic N) is 2. The van der Waals surface area contributed by atoms with Gasteiger partial charge in [0.1, 0.15) is 17.5 Å². The maximum absolute atomic E-state index is 14.2. The highest BCUT2D eigenvalue weighted by molar-refractivity contribution is 9.11. The topological polar surface area (TPSA) is 96.6 Å². The molecular formula is C35H36BBr2F3N2O6S2. The van der Waals surface area contributed by atoms with E-state index in [9.17, 15) is 30.0 Å². The van der Waals surface area contributed by atoms with Crippen molar-refractivity contribution < 1.29 is 39.3 Å². The molecular weight excluding hydrogens is 836 g/mol. The maximum atomic E-state index is 14.2. The summed E-state index contributed by atoms with van der Waals surface area (Å²) in [6.45, 7) is 10.8. The predicted octanol–water partition coefficient (Wildman–Crippen LogP) is 8.18. The van der Waals surface area contributed by atoms with Crippen LogP contribution >= 0.6 is 31.9 Å². The molecule has 0 atom stereocenters. The standard InChI is InChI=1S/C16H21BFNO4S.C10H9BrFNO2S.C9H6BrF/c1-6-24(20,21)19-8-7-12-13(9-11(18)10-14(12)19)17-22-15(2,3)16(4,5)23-17;1-2-16(14,15)13-4-3-8-9(11)5-7(12)6-10(8)13;10-9-5-7(11)4-6-2-1-3-8(6)9/h7-10H,6H2,1-5H3;3-6H,2H2,1H3;1,3-5H,2H2. The second-order valence-corrected chi connectivity index (χ2v) is 18.9. The van der Waals surface area contributed by atoms with Crippen LogP contribution in [0.2, 0.25) is 0 Å². The Labute approximate surface area is 313 Å². The summed E-state index contributed by atoms with van der Waals surface area (Å²) in [7, 11) is -7.66. The molecule has 5 aromatic rings. The molecule has 2 aromatic heterocycles. The predicted molar refractivity (Wildman–Crippen MR) is 204 cm³/mol. The Morgan fingerprint density at radius 3 is 1.75 bits per heavy atom. The molecule has 1 aliphatic carbocycles. The molecule has 0 spiro atoms. The lowest BCUT2D eigenvalue weighted by Crippen LogP contribution is -2.41. The molecule has 0 bridgehead atoms. The molecule has 0 saturated carbocycles. The number of benzene rings is 3. The first-order valence-electron chi connectivity index (χ1n) is 15.9. The molecule has 51 heavy (non-hydrogen) atoms. The van der Waals surface area contributed by atoms with Crippen LogP contribution in [-0.4, -0.2) is 54.6 Å². The molecule has 0 amide bonds. The summed E-state index contributed by atoms with van der Waals surface area (Å²) in [6, 6.07) is 11.5. The molecule has 16 heteroatoms. The van der Waals surface area contributed by atoms with Crippen LogP contribution in [0.3, 0.4) is 0 Å². The minimum atomic E-state index is -3.52. The van der Waals surface area contributed by atoms with E-state index in [4.69, 9.17) is 9.31 Å². The average Bonchev–Trinajstić information content (AvgIpc) is 3.82. The van der Waals surface area contributed by atoms with Crippen LogP contribution in [0.1, 0.15) is 52.7 Å². The highest BCUT2D eigenvalue weighted by Crippen LogP contribution is 2.37.